The van der Waals surface area contributed by atoms with Crippen LogP contribution in [0.2, 0.25) is 0 Å². The lowest BCUT2D eigenvalue weighted by Crippen LogP contribution is -2.14. The number of nitrogens with zero attached hydrogens (tertiary/aromatic N) is 2. The van der Waals surface area contributed by atoms with Gasteiger partial charge in [-0.2, -0.15) is 16.9 Å². The second-order valence-corrected chi connectivity index (χ2v) is 6.85. The maximum absolute atomic E-state index is 12.3. The van der Waals surface area contributed by atoms with Crippen LogP contribution >= 0.6 is 27.7 Å². The Kier molecular flexibility index (Phi) is 5.30. The minimum absolute atomic E-state index is 0.199. The van der Waals surface area contributed by atoms with Gasteiger partial charge in [-0.3, -0.25) is 9.48 Å². The number of halogens is 1. The first kappa shape index (κ1) is 14.1. The van der Waals surface area contributed by atoms with E-state index in [4.69, 9.17) is 0 Å². The van der Waals surface area contributed by atoms with Crippen LogP contribution in [0.4, 0.5) is 0 Å². The molecule has 1 aliphatic rings. The van der Waals surface area contributed by atoms with Crippen molar-refractivity contribution in [2.24, 2.45) is 0 Å². The zero-order valence-corrected chi connectivity index (χ0v) is 13.1. The Bertz CT molecular complexity index is 413. The molecule has 0 amide bonds. The third kappa shape index (κ3) is 3.38. The number of hydrogen-bond donors (Lipinski definition) is 0. The minimum Gasteiger partial charge on any atom is -0.291 e. The van der Waals surface area contributed by atoms with Gasteiger partial charge in [-0.25, -0.2) is 0 Å². The Balaban J connectivity index is 1.96. The minimum atomic E-state index is 0.199. The van der Waals surface area contributed by atoms with E-state index >= 15 is 0 Å². The van der Waals surface area contributed by atoms with Gasteiger partial charge in [0.2, 0.25) is 0 Å². The summed E-state index contributed by atoms with van der Waals surface area (Å²) in [5, 5.41) is 4.94. The molecule has 2 rings (SSSR count). The van der Waals surface area contributed by atoms with Crippen molar-refractivity contribution < 1.29 is 4.79 Å². The van der Waals surface area contributed by atoms with Gasteiger partial charge in [-0.1, -0.05) is 19.8 Å². The van der Waals surface area contributed by atoms with Gasteiger partial charge < -0.3 is 0 Å². The lowest BCUT2D eigenvalue weighted by Gasteiger charge is -2.09. The first-order valence-corrected chi connectivity index (χ1v) is 8.42. The zero-order valence-electron chi connectivity index (χ0n) is 10.7. The van der Waals surface area contributed by atoms with E-state index < -0.39 is 0 Å². The van der Waals surface area contributed by atoms with E-state index in [0.29, 0.717) is 11.0 Å². The largest absolute Gasteiger partial charge is 0.291 e. The highest BCUT2D eigenvalue weighted by Crippen LogP contribution is 2.30. The molecular weight excluding hydrogens is 312 g/mol. The molecule has 0 N–H and O–H groups in total. The summed E-state index contributed by atoms with van der Waals surface area (Å²) in [4.78, 5) is 12.3. The number of aromatic nitrogens is 2. The van der Waals surface area contributed by atoms with Crippen molar-refractivity contribution >= 4 is 33.5 Å². The summed E-state index contributed by atoms with van der Waals surface area (Å²) < 4.78 is 2.65. The highest BCUT2D eigenvalue weighted by molar-refractivity contribution is 9.10. The first-order valence-electron chi connectivity index (χ1n) is 6.58. The van der Waals surface area contributed by atoms with E-state index in [1.807, 2.05) is 16.4 Å². The fourth-order valence-electron chi connectivity index (χ4n) is 2.34. The van der Waals surface area contributed by atoms with E-state index in [1.165, 1.54) is 25.7 Å². The van der Waals surface area contributed by atoms with Gasteiger partial charge in [-0.05, 0) is 35.2 Å². The van der Waals surface area contributed by atoms with Gasteiger partial charge in [0.25, 0.3) is 0 Å². The van der Waals surface area contributed by atoms with Crippen LogP contribution in [0.3, 0.4) is 0 Å². The van der Waals surface area contributed by atoms with Gasteiger partial charge in [-0.15, -0.1) is 0 Å². The van der Waals surface area contributed by atoms with Crippen LogP contribution < -0.4 is 0 Å². The Morgan fingerprint density at radius 3 is 2.94 bits per heavy atom. The van der Waals surface area contributed by atoms with Crippen LogP contribution in [0.1, 0.15) is 49.5 Å². The van der Waals surface area contributed by atoms with Crippen LogP contribution in [0.5, 0.6) is 0 Å². The molecule has 0 spiro atoms. The normalized spacial score (nSPS) is 16.3. The lowest BCUT2D eigenvalue weighted by molar-refractivity contribution is 0.101. The molecule has 1 aromatic rings. The van der Waals surface area contributed by atoms with Crippen LogP contribution in [-0.2, 0) is 6.54 Å². The van der Waals surface area contributed by atoms with Crippen molar-refractivity contribution in [2.45, 2.75) is 50.8 Å². The second-order valence-electron chi connectivity index (χ2n) is 4.70. The molecule has 1 aliphatic carbocycles. The Morgan fingerprint density at radius 2 is 2.28 bits per heavy atom. The van der Waals surface area contributed by atoms with E-state index in [-0.39, 0.29) is 5.78 Å². The van der Waals surface area contributed by atoms with Crippen LogP contribution in [0.25, 0.3) is 0 Å². The fraction of sp³-hybridized carbons (Fsp3) is 0.692. The van der Waals surface area contributed by atoms with Crippen molar-refractivity contribution in [3.05, 3.63) is 16.4 Å². The average Bonchev–Trinajstić information content (AvgIpc) is 2.97. The average molecular weight is 331 g/mol. The van der Waals surface area contributed by atoms with Crippen molar-refractivity contribution in [3.8, 4) is 0 Å². The number of carbonyl (C=O) groups excluding carboxylic acids is 1. The van der Waals surface area contributed by atoms with Gasteiger partial charge in [0, 0.05) is 11.8 Å². The number of thioether (sulfide) groups is 1. The summed E-state index contributed by atoms with van der Waals surface area (Å²) in [7, 11) is 0. The maximum Gasteiger partial charge on any atom is 0.191 e. The monoisotopic (exact) mass is 330 g/mol. The molecule has 1 saturated carbocycles. The topological polar surface area (TPSA) is 34.9 Å². The molecule has 100 valence electrons. The summed E-state index contributed by atoms with van der Waals surface area (Å²) in [6, 6.07) is 0. The van der Waals surface area contributed by atoms with Gasteiger partial charge in [0.05, 0.1) is 16.4 Å². The molecule has 0 aromatic carbocycles. The summed E-state index contributed by atoms with van der Waals surface area (Å²) in [6.07, 6.45) is 7.90. The number of Topliss-reactive ketones (excluding diaryl/α,β-unsaturated/α-hetero) is 1. The highest BCUT2D eigenvalue weighted by Gasteiger charge is 2.20. The van der Waals surface area contributed by atoms with Crippen molar-refractivity contribution in [1.82, 2.24) is 9.78 Å². The molecule has 18 heavy (non-hydrogen) atoms. The molecule has 0 saturated heterocycles. The molecule has 0 aliphatic heterocycles. The van der Waals surface area contributed by atoms with Crippen molar-refractivity contribution in [1.29, 1.82) is 0 Å². The summed E-state index contributed by atoms with van der Waals surface area (Å²) in [5.41, 5.74) is 0.738. The molecule has 0 radical (unpaired) electrons. The maximum atomic E-state index is 12.3. The molecule has 3 nitrogen and oxygen atoms in total. The van der Waals surface area contributed by atoms with Crippen LogP contribution in [-0.4, -0.2) is 26.6 Å². The predicted molar refractivity (Wildman–Crippen MR) is 79.3 cm³/mol. The number of aryl methyl sites for hydroxylation is 1. The van der Waals surface area contributed by atoms with E-state index in [0.717, 1.165) is 23.1 Å². The third-order valence-corrected chi connectivity index (χ3v) is 5.20. The SMILES string of the molecule is CCCn1ncc(Br)c1C(=O)CSC1CCCC1. The zero-order chi connectivity index (χ0) is 13.0. The van der Waals surface area contributed by atoms with Gasteiger partial charge >= 0.3 is 0 Å². The van der Waals surface area contributed by atoms with Crippen molar-refractivity contribution in [3.63, 3.8) is 0 Å². The van der Waals surface area contributed by atoms with E-state index in [9.17, 15) is 4.79 Å². The summed E-state index contributed by atoms with van der Waals surface area (Å²) in [6.45, 7) is 2.90. The molecule has 0 atom stereocenters. The Labute approximate surface area is 121 Å². The molecule has 5 heteroatoms. The predicted octanol–water partition coefficient (Wildman–Crippen LogP) is 3.91. The third-order valence-electron chi connectivity index (χ3n) is 3.25. The number of rotatable bonds is 6. The lowest BCUT2D eigenvalue weighted by atomic mass is 10.3. The first-order chi connectivity index (χ1) is 8.72. The van der Waals surface area contributed by atoms with Crippen LogP contribution in [0.15, 0.2) is 10.7 Å². The fourth-order valence-corrected chi connectivity index (χ4v) is 4.05. The molecular formula is C13H19BrN2OS. The highest BCUT2D eigenvalue weighted by atomic mass is 79.9. The van der Waals surface area contributed by atoms with Crippen molar-refractivity contribution in [2.75, 3.05) is 5.75 Å². The van der Waals surface area contributed by atoms with E-state index in [1.54, 1.807) is 6.20 Å². The Morgan fingerprint density at radius 1 is 1.56 bits per heavy atom. The van der Waals surface area contributed by atoms with Crippen LogP contribution in [0, 0.1) is 0 Å². The number of carbonyl (C=O) groups is 1. The summed E-state index contributed by atoms with van der Waals surface area (Å²) in [5.74, 6) is 0.781. The quantitative estimate of drug-likeness (QED) is 0.741. The molecule has 1 fully saturated rings. The number of ketones is 1. The molecule has 1 aromatic heterocycles. The van der Waals surface area contributed by atoms with Gasteiger partial charge in [0.1, 0.15) is 5.69 Å². The molecule has 0 bridgehead atoms. The van der Waals surface area contributed by atoms with Gasteiger partial charge in [0.15, 0.2) is 5.78 Å². The Hall–Kier alpha value is -0.290. The molecule has 0 unspecified atom stereocenters. The standard InChI is InChI=1S/C13H19BrN2OS/c1-2-7-16-13(11(14)8-15-16)12(17)9-18-10-5-3-4-6-10/h8,10H,2-7,9H2,1H3. The second kappa shape index (κ2) is 6.75. The number of hydrogen-bond acceptors (Lipinski definition) is 3. The molecule has 1 heterocycles. The van der Waals surface area contributed by atoms with E-state index in [2.05, 4.69) is 28.0 Å². The summed E-state index contributed by atoms with van der Waals surface area (Å²) >= 11 is 5.24. The smallest absolute Gasteiger partial charge is 0.191 e.